The molecule has 2 rings (SSSR count). The van der Waals surface area contributed by atoms with Crippen molar-refractivity contribution >= 4 is 17.9 Å². The van der Waals surface area contributed by atoms with E-state index in [1.54, 1.807) is 32.9 Å². The Morgan fingerprint density at radius 3 is 1.58 bits per heavy atom. The maximum atomic E-state index is 12.8. The average Bonchev–Trinajstić information content (AvgIpc) is 2.78. The number of hydrogen-bond donors (Lipinski definition) is 0. The van der Waals surface area contributed by atoms with Crippen molar-refractivity contribution in [3.05, 3.63) is 65.7 Å². The van der Waals surface area contributed by atoms with E-state index in [0.29, 0.717) is 12.2 Å². The molecule has 0 N–H and O–H groups in total. The van der Waals surface area contributed by atoms with Crippen molar-refractivity contribution in [1.82, 2.24) is 0 Å². The highest BCUT2D eigenvalue weighted by molar-refractivity contribution is 6.18. The zero-order valence-electron chi connectivity index (χ0n) is 18.1. The lowest BCUT2D eigenvalue weighted by Crippen LogP contribution is -2.51. The molecule has 0 bridgehead atoms. The fourth-order valence-corrected chi connectivity index (χ4v) is 2.97. The second-order valence-corrected chi connectivity index (χ2v) is 6.66. The molecule has 0 aliphatic heterocycles. The molecule has 0 amide bonds. The predicted octanol–water partition coefficient (Wildman–Crippen LogP) is 3.48. The first-order chi connectivity index (χ1) is 15.0. The van der Waals surface area contributed by atoms with Gasteiger partial charge in [0, 0.05) is 6.42 Å². The van der Waals surface area contributed by atoms with Crippen LogP contribution in [0.3, 0.4) is 0 Å². The summed E-state index contributed by atoms with van der Waals surface area (Å²) in [6.45, 7) is 5.17. The number of carbonyl (C=O) groups is 3. The van der Waals surface area contributed by atoms with Gasteiger partial charge < -0.3 is 18.9 Å². The van der Waals surface area contributed by atoms with E-state index in [-0.39, 0.29) is 26.2 Å². The Hall–Kier alpha value is -3.35. The summed E-state index contributed by atoms with van der Waals surface area (Å²) < 4.78 is 20.9. The van der Waals surface area contributed by atoms with Crippen LogP contribution in [0.25, 0.3) is 0 Å². The molecule has 2 aromatic rings. The van der Waals surface area contributed by atoms with Gasteiger partial charge >= 0.3 is 17.9 Å². The molecule has 7 heteroatoms. The Labute approximate surface area is 182 Å². The van der Waals surface area contributed by atoms with Crippen LogP contribution in [0, 0.1) is 5.41 Å². The SMILES string of the molecule is CCOC(=O)C(Cc1ccc(COc2ccccc2)cc1)(C(=O)OCC)C(=O)OCC. The quantitative estimate of drug-likeness (QED) is 0.308. The molecule has 0 atom stereocenters. The maximum absolute atomic E-state index is 12.8. The van der Waals surface area contributed by atoms with E-state index in [9.17, 15) is 14.4 Å². The van der Waals surface area contributed by atoms with Crippen molar-refractivity contribution in [1.29, 1.82) is 0 Å². The van der Waals surface area contributed by atoms with Gasteiger partial charge in [0.1, 0.15) is 12.4 Å². The van der Waals surface area contributed by atoms with Gasteiger partial charge in [-0.05, 0) is 44.0 Å². The van der Waals surface area contributed by atoms with Gasteiger partial charge in [-0.15, -0.1) is 0 Å². The van der Waals surface area contributed by atoms with E-state index in [1.807, 2.05) is 42.5 Å². The number of benzene rings is 2. The van der Waals surface area contributed by atoms with E-state index >= 15 is 0 Å². The van der Waals surface area contributed by atoms with E-state index < -0.39 is 23.3 Å². The van der Waals surface area contributed by atoms with Crippen molar-refractivity contribution in [2.24, 2.45) is 5.41 Å². The molecule has 2 aromatic carbocycles. The van der Waals surface area contributed by atoms with Crippen molar-refractivity contribution in [2.45, 2.75) is 33.8 Å². The maximum Gasteiger partial charge on any atom is 0.335 e. The molecule has 0 radical (unpaired) electrons. The van der Waals surface area contributed by atoms with Gasteiger partial charge in [0.25, 0.3) is 5.41 Å². The Kier molecular flexibility index (Phi) is 9.06. The standard InChI is InChI=1S/C24H28O7/c1-4-28-21(25)24(22(26)29-5-2,23(27)30-6-3)16-18-12-14-19(15-13-18)17-31-20-10-8-7-9-11-20/h7-15H,4-6,16-17H2,1-3H3. The zero-order valence-corrected chi connectivity index (χ0v) is 18.1. The second kappa shape index (κ2) is 11.7. The fourth-order valence-electron chi connectivity index (χ4n) is 2.97. The Morgan fingerprint density at radius 1 is 0.677 bits per heavy atom. The lowest BCUT2D eigenvalue weighted by atomic mass is 9.81. The smallest absolute Gasteiger partial charge is 0.335 e. The van der Waals surface area contributed by atoms with Crippen LogP contribution in [-0.2, 0) is 41.6 Å². The minimum Gasteiger partial charge on any atom is -0.489 e. The average molecular weight is 428 g/mol. The molecule has 0 aliphatic carbocycles. The lowest BCUT2D eigenvalue weighted by Gasteiger charge is -2.27. The molecule has 0 saturated heterocycles. The molecule has 0 aliphatic rings. The first-order valence-corrected chi connectivity index (χ1v) is 10.2. The minimum atomic E-state index is -2.22. The molecule has 0 spiro atoms. The number of rotatable bonds is 11. The van der Waals surface area contributed by atoms with Gasteiger partial charge in [-0.25, -0.2) is 0 Å². The van der Waals surface area contributed by atoms with E-state index in [2.05, 4.69) is 0 Å². The molecule has 0 saturated carbocycles. The summed E-state index contributed by atoms with van der Waals surface area (Å²) in [6.07, 6.45) is -0.233. The summed E-state index contributed by atoms with van der Waals surface area (Å²) in [5.74, 6) is -2.20. The van der Waals surface area contributed by atoms with Crippen molar-refractivity contribution in [3.8, 4) is 5.75 Å². The normalized spacial score (nSPS) is 10.8. The Bertz CT molecular complexity index is 814. The summed E-state index contributed by atoms with van der Waals surface area (Å²) in [4.78, 5) is 38.4. The first-order valence-electron chi connectivity index (χ1n) is 10.2. The number of carbonyl (C=O) groups excluding carboxylic acids is 3. The van der Waals surface area contributed by atoms with E-state index in [1.165, 1.54) is 0 Å². The van der Waals surface area contributed by atoms with Gasteiger partial charge in [-0.1, -0.05) is 42.5 Å². The largest absolute Gasteiger partial charge is 0.489 e. The van der Waals surface area contributed by atoms with Crippen LogP contribution in [0.2, 0.25) is 0 Å². The van der Waals surface area contributed by atoms with Crippen LogP contribution in [-0.4, -0.2) is 37.7 Å². The van der Waals surface area contributed by atoms with Crippen LogP contribution in [0.1, 0.15) is 31.9 Å². The molecule has 31 heavy (non-hydrogen) atoms. The summed E-state index contributed by atoms with van der Waals surface area (Å²) in [5.41, 5.74) is -0.747. The van der Waals surface area contributed by atoms with Crippen molar-refractivity contribution in [2.75, 3.05) is 19.8 Å². The van der Waals surface area contributed by atoms with Crippen LogP contribution in [0.4, 0.5) is 0 Å². The zero-order chi connectivity index (χ0) is 22.7. The summed E-state index contributed by atoms with van der Waals surface area (Å²) >= 11 is 0. The molecule has 7 nitrogen and oxygen atoms in total. The first kappa shape index (κ1) is 23.9. The molecule has 0 aromatic heterocycles. The predicted molar refractivity (Wildman–Crippen MR) is 113 cm³/mol. The third kappa shape index (κ3) is 6.07. The number of esters is 3. The van der Waals surface area contributed by atoms with Gasteiger partial charge in [0.15, 0.2) is 0 Å². The summed E-state index contributed by atoms with van der Waals surface area (Å²) in [5, 5.41) is 0. The summed E-state index contributed by atoms with van der Waals surface area (Å²) in [7, 11) is 0. The molecule has 166 valence electrons. The van der Waals surface area contributed by atoms with Crippen LogP contribution >= 0.6 is 0 Å². The van der Waals surface area contributed by atoms with Crippen LogP contribution < -0.4 is 4.74 Å². The molecular weight excluding hydrogens is 400 g/mol. The third-order valence-corrected chi connectivity index (χ3v) is 4.51. The van der Waals surface area contributed by atoms with Crippen LogP contribution in [0.15, 0.2) is 54.6 Å². The third-order valence-electron chi connectivity index (χ3n) is 4.51. The van der Waals surface area contributed by atoms with E-state index in [4.69, 9.17) is 18.9 Å². The number of hydrogen-bond acceptors (Lipinski definition) is 7. The lowest BCUT2D eigenvalue weighted by molar-refractivity contribution is -0.183. The summed E-state index contributed by atoms with van der Waals surface area (Å²) in [6, 6.07) is 16.5. The Morgan fingerprint density at radius 2 is 1.13 bits per heavy atom. The van der Waals surface area contributed by atoms with Gasteiger partial charge in [0.2, 0.25) is 0 Å². The van der Waals surface area contributed by atoms with Gasteiger partial charge in [0.05, 0.1) is 19.8 Å². The highest BCUT2D eigenvalue weighted by atomic mass is 16.6. The number of para-hydroxylation sites is 1. The van der Waals surface area contributed by atoms with Crippen molar-refractivity contribution < 1.29 is 33.3 Å². The molecular formula is C24H28O7. The molecule has 0 unspecified atom stereocenters. The minimum absolute atomic E-state index is 0.00908. The Balaban J connectivity index is 2.26. The van der Waals surface area contributed by atoms with Gasteiger partial charge in [-0.2, -0.15) is 0 Å². The van der Waals surface area contributed by atoms with E-state index in [0.717, 1.165) is 11.3 Å². The highest BCUT2D eigenvalue weighted by Crippen LogP contribution is 2.30. The molecule has 0 fully saturated rings. The van der Waals surface area contributed by atoms with Gasteiger partial charge in [-0.3, -0.25) is 14.4 Å². The van der Waals surface area contributed by atoms with Crippen LogP contribution in [0.5, 0.6) is 5.75 Å². The second-order valence-electron chi connectivity index (χ2n) is 6.66. The monoisotopic (exact) mass is 428 g/mol. The highest BCUT2D eigenvalue weighted by Gasteiger charge is 2.57. The fraction of sp³-hybridized carbons (Fsp3) is 0.375. The molecule has 0 heterocycles. The topological polar surface area (TPSA) is 88.1 Å². The number of ether oxygens (including phenoxy) is 4. The van der Waals surface area contributed by atoms with Crippen molar-refractivity contribution in [3.63, 3.8) is 0 Å².